The van der Waals surface area contributed by atoms with Crippen molar-refractivity contribution in [3.63, 3.8) is 0 Å². The van der Waals surface area contributed by atoms with Gasteiger partial charge in [0.2, 0.25) is 0 Å². The van der Waals surface area contributed by atoms with Crippen molar-refractivity contribution in [3.8, 4) is 11.5 Å². The summed E-state index contributed by atoms with van der Waals surface area (Å²) in [6.07, 6.45) is 3.53. The summed E-state index contributed by atoms with van der Waals surface area (Å²) in [5, 5.41) is 7.11. The Kier molecular flexibility index (Phi) is 9.52. The minimum Gasteiger partial charge on any atom is -0.483 e. The molecule has 1 aliphatic carbocycles. The minimum atomic E-state index is -0.251. The molecule has 0 bridgehead atoms. The molecule has 0 aliphatic heterocycles. The Bertz CT molecular complexity index is 899. The molecule has 2 aromatic carbocycles. The van der Waals surface area contributed by atoms with Crippen molar-refractivity contribution >= 4 is 66.9 Å². The summed E-state index contributed by atoms with van der Waals surface area (Å²) in [4.78, 5) is 24.9. The first-order valence-corrected chi connectivity index (χ1v) is 12.4. The second kappa shape index (κ2) is 12.1. The maximum absolute atomic E-state index is 12.4. The van der Waals surface area contributed by atoms with E-state index in [1.54, 1.807) is 36.4 Å². The molecule has 1 saturated carbocycles. The molecule has 0 saturated heterocycles. The van der Waals surface area contributed by atoms with Crippen LogP contribution in [0.15, 0.2) is 45.3 Å². The van der Waals surface area contributed by atoms with Gasteiger partial charge in [-0.3, -0.25) is 9.59 Å². The maximum Gasteiger partial charge on any atom is 0.258 e. The van der Waals surface area contributed by atoms with Crippen LogP contribution in [0.25, 0.3) is 0 Å². The molecule has 2 amide bonds. The number of carbonyl (C=O) groups excluding carboxylic acids is 2. The fourth-order valence-electron chi connectivity index (χ4n) is 3.44. The molecule has 172 valence electrons. The van der Waals surface area contributed by atoms with Gasteiger partial charge >= 0.3 is 0 Å². The van der Waals surface area contributed by atoms with Gasteiger partial charge in [0.1, 0.15) is 11.5 Å². The smallest absolute Gasteiger partial charge is 0.258 e. The van der Waals surface area contributed by atoms with Crippen LogP contribution in [0.1, 0.15) is 25.7 Å². The molecule has 1 fully saturated rings. The molecule has 0 aromatic heterocycles. The summed E-state index contributed by atoms with van der Waals surface area (Å²) in [5.74, 6) is 0.561. The topological polar surface area (TPSA) is 76.7 Å². The quantitative estimate of drug-likeness (QED) is 0.414. The summed E-state index contributed by atoms with van der Waals surface area (Å²) >= 11 is 18.6. The highest BCUT2D eigenvalue weighted by atomic mass is 79.9. The largest absolute Gasteiger partial charge is 0.483 e. The number of ether oxygens (including phenoxy) is 2. The summed E-state index contributed by atoms with van der Waals surface area (Å²) in [6.45, 7) is -0.268. The number of rotatable bonds is 8. The first-order valence-electron chi connectivity index (χ1n) is 10.1. The molecule has 2 aromatic rings. The molecule has 32 heavy (non-hydrogen) atoms. The van der Waals surface area contributed by atoms with E-state index in [1.807, 2.05) is 0 Å². The summed E-state index contributed by atoms with van der Waals surface area (Å²) in [6, 6.07) is 9.84. The van der Waals surface area contributed by atoms with Gasteiger partial charge < -0.3 is 20.1 Å². The molecule has 10 heteroatoms. The Morgan fingerprint density at radius 2 is 1.22 bits per heavy atom. The summed E-state index contributed by atoms with van der Waals surface area (Å²) in [5.41, 5.74) is 0. The normalized spacial score (nSPS) is 18.0. The second-order valence-corrected chi connectivity index (χ2v) is 9.94. The van der Waals surface area contributed by atoms with Crippen molar-refractivity contribution in [3.05, 3.63) is 55.4 Å². The van der Waals surface area contributed by atoms with Crippen molar-refractivity contribution < 1.29 is 19.1 Å². The first-order chi connectivity index (χ1) is 15.3. The molecule has 0 heterocycles. The van der Waals surface area contributed by atoms with E-state index in [9.17, 15) is 9.59 Å². The van der Waals surface area contributed by atoms with E-state index >= 15 is 0 Å². The number of hydrogen-bond acceptors (Lipinski definition) is 4. The van der Waals surface area contributed by atoms with Gasteiger partial charge in [-0.2, -0.15) is 0 Å². The van der Waals surface area contributed by atoms with Crippen LogP contribution >= 0.6 is 55.1 Å². The molecular formula is C22H22Br2Cl2N2O4. The van der Waals surface area contributed by atoms with E-state index in [0.29, 0.717) is 30.5 Å². The maximum atomic E-state index is 12.4. The lowest BCUT2D eigenvalue weighted by Crippen LogP contribution is -2.54. The minimum absolute atomic E-state index is 0.134. The third kappa shape index (κ3) is 7.54. The SMILES string of the molecule is O=C(COc1ccc(Cl)cc1Br)N[C@@H]1CCCC[C@H]1NC(=O)COc1ccc(Cl)cc1Br. The van der Waals surface area contributed by atoms with E-state index < -0.39 is 0 Å². The van der Waals surface area contributed by atoms with Gasteiger partial charge in [-0.1, -0.05) is 36.0 Å². The van der Waals surface area contributed by atoms with Crippen LogP contribution in [-0.2, 0) is 9.59 Å². The highest BCUT2D eigenvalue weighted by molar-refractivity contribution is 9.10. The van der Waals surface area contributed by atoms with Crippen molar-refractivity contribution in [1.29, 1.82) is 0 Å². The molecule has 2 N–H and O–H groups in total. The average Bonchev–Trinajstić information content (AvgIpc) is 2.74. The highest BCUT2D eigenvalue weighted by Crippen LogP contribution is 2.29. The molecule has 0 spiro atoms. The van der Waals surface area contributed by atoms with E-state index in [2.05, 4.69) is 42.5 Å². The molecule has 2 atom stereocenters. The van der Waals surface area contributed by atoms with Crippen LogP contribution in [0.2, 0.25) is 10.0 Å². The van der Waals surface area contributed by atoms with Gasteiger partial charge in [0.25, 0.3) is 11.8 Å². The predicted octanol–water partition coefficient (Wildman–Crippen LogP) is 5.52. The zero-order chi connectivity index (χ0) is 23.1. The van der Waals surface area contributed by atoms with Crippen LogP contribution in [0.3, 0.4) is 0 Å². The van der Waals surface area contributed by atoms with Gasteiger partial charge in [-0.15, -0.1) is 0 Å². The van der Waals surface area contributed by atoms with Gasteiger partial charge in [0.05, 0.1) is 8.95 Å². The van der Waals surface area contributed by atoms with Crippen LogP contribution in [0.4, 0.5) is 0 Å². The van der Waals surface area contributed by atoms with Crippen molar-refractivity contribution in [2.24, 2.45) is 0 Å². The zero-order valence-corrected chi connectivity index (χ0v) is 21.7. The Morgan fingerprint density at radius 3 is 1.59 bits per heavy atom. The number of benzene rings is 2. The predicted molar refractivity (Wildman–Crippen MR) is 132 cm³/mol. The van der Waals surface area contributed by atoms with E-state index in [-0.39, 0.29) is 37.1 Å². The summed E-state index contributed by atoms with van der Waals surface area (Å²) in [7, 11) is 0. The van der Waals surface area contributed by atoms with Gasteiger partial charge in [0, 0.05) is 22.1 Å². The Labute approximate surface area is 213 Å². The zero-order valence-electron chi connectivity index (χ0n) is 17.0. The highest BCUT2D eigenvalue weighted by Gasteiger charge is 2.28. The molecule has 3 rings (SSSR count). The van der Waals surface area contributed by atoms with E-state index in [0.717, 1.165) is 25.7 Å². The lowest BCUT2D eigenvalue weighted by Gasteiger charge is -2.32. The summed E-state index contributed by atoms with van der Waals surface area (Å²) < 4.78 is 12.5. The number of carbonyl (C=O) groups is 2. The fourth-order valence-corrected chi connectivity index (χ4v) is 5.04. The van der Waals surface area contributed by atoms with Gasteiger partial charge in [-0.25, -0.2) is 0 Å². The van der Waals surface area contributed by atoms with Gasteiger partial charge in [-0.05, 0) is 81.1 Å². The first kappa shape index (κ1) is 25.1. The fraction of sp³-hybridized carbons (Fsp3) is 0.364. The van der Waals surface area contributed by atoms with Crippen LogP contribution in [-0.4, -0.2) is 37.1 Å². The third-order valence-corrected chi connectivity index (χ3v) is 6.67. The van der Waals surface area contributed by atoms with Crippen LogP contribution in [0.5, 0.6) is 11.5 Å². The molecular weight excluding hydrogens is 587 g/mol. The van der Waals surface area contributed by atoms with E-state index in [4.69, 9.17) is 32.7 Å². The van der Waals surface area contributed by atoms with Crippen molar-refractivity contribution in [2.75, 3.05) is 13.2 Å². The number of halogens is 4. The molecule has 0 unspecified atom stereocenters. The number of nitrogens with one attached hydrogen (secondary N) is 2. The van der Waals surface area contributed by atoms with Gasteiger partial charge in [0.15, 0.2) is 13.2 Å². The lowest BCUT2D eigenvalue weighted by atomic mass is 9.90. The third-order valence-electron chi connectivity index (χ3n) is 4.96. The Balaban J connectivity index is 1.48. The van der Waals surface area contributed by atoms with E-state index in [1.165, 1.54) is 0 Å². The standard InChI is InChI=1S/C22H22Br2Cl2N2O4/c23-15-9-13(25)5-7-19(15)31-11-21(29)27-17-3-1-2-4-18(17)28-22(30)12-32-20-8-6-14(26)10-16(20)24/h5-10,17-18H,1-4,11-12H2,(H,27,29)(H,28,30)/t17-,18-/m1/s1. The average molecular weight is 609 g/mol. The second-order valence-electron chi connectivity index (χ2n) is 7.36. The Hall–Kier alpha value is -1.48. The molecule has 6 nitrogen and oxygen atoms in total. The molecule has 0 radical (unpaired) electrons. The van der Waals surface area contributed by atoms with Crippen LogP contribution in [0, 0.1) is 0 Å². The lowest BCUT2D eigenvalue weighted by molar-refractivity contribution is -0.127. The van der Waals surface area contributed by atoms with Crippen molar-refractivity contribution in [1.82, 2.24) is 10.6 Å². The van der Waals surface area contributed by atoms with Crippen molar-refractivity contribution in [2.45, 2.75) is 37.8 Å². The molecule has 1 aliphatic rings. The number of hydrogen-bond donors (Lipinski definition) is 2. The monoisotopic (exact) mass is 606 g/mol. The van der Waals surface area contributed by atoms with Crippen LogP contribution < -0.4 is 20.1 Å². The Morgan fingerprint density at radius 1 is 0.812 bits per heavy atom. The number of amides is 2.